The van der Waals surface area contributed by atoms with E-state index in [0.717, 1.165) is 4.57 Å². The lowest BCUT2D eigenvalue weighted by atomic mass is 10.1. The third-order valence-corrected chi connectivity index (χ3v) is 4.45. The number of aromatic nitrogens is 4. The SMILES string of the molecule is O=C(Cn1c(=O)n(Cc2cccnc2)c(=O)c2ncccc21)c1ccccc1. The molecule has 0 aliphatic rings. The van der Waals surface area contributed by atoms with Gasteiger partial charge in [0.1, 0.15) is 0 Å². The number of benzene rings is 1. The summed E-state index contributed by atoms with van der Waals surface area (Å²) in [6, 6.07) is 15.5. The van der Waals surface area contributed by atoms with Crippen molar-refractivity contribution in [2.45, 2.75) is 13.1 Å². The van der Waals surface area contributed by atoms with Crippen LogP contribution in [0, 0.1) is 0 Å². The Bertz CT molecular complexity index is 1260. The summed E-state index contributed by atoms with van der Waals surface area (Å²) in [5, 5.41) is 0. The average Bonchev–Trinajstić information content (AvgIpc) is 2.75. The first-order valence-electron chi connectivity index (χ1n) is 8.70. The lowest BCUT2D eigenvalue weighted by molar-refractivity contribution is 0.0971. The Morgan fingerprint density at radius 3 is 2.43 bits per heavy atom. The van der Waals surface area contributed by atoms with E-state index in [4.69, 9.17) is 0 Å². The molecule has 0 spiro atoms. The van der Waals surface area contributed by atoms with E-state index in [0.29, 0.717) is 16.6 Å². The molecule has 0 aliphatic heterocycles. The van der Waals surface area contributed by atoms with Crippen LogP contribution in [0.3, 0.4) is 0 Å². The van der Waals surface area contributed by atoms with Gasteiger partial charge in [0, 0.05) is 24.2 Å². The Kier molecular flexibility index (Phi) is 4.63. The molecule has 0 aliphatic carbocycles. The summed E-state index contributed by atoms with van der Waals surface area (Å²) < 4.78 is 2.39. The van der Waals surface area contributed by atoms with E-state index in [9.17, 15) is 14.4 Å². The van der Waals surface area contributed by atoms with Gasteiger partial charge in [-0.05, 0) is 23.8 Å². The number of rotatable bonds is 5. The largest absolute Gasteiger partial charge is 0.332 e. The zero-order valence-electron chi connectivity index (χ0n) is 14.9. The van der Waals surface area contributed by atoms with Gasteiger partial charge >= 0.3 is 5.69 Å². The number of hydrogen-bond acceptors (Lipinski definition) is 5. The third kappa shape index (κ3) is 3.25. The summed E-state index contributed by atoms with van der Waals surface area (Å²) in [6.07, 6.45) is 4.70. The summed E-state index contributed by atoms with van der Waals surface area (Å²) in [6.45, 7) is -0.129. The van der Waals surface area contributed by atoms with E-state index < -0.39 is 11.2 Å². The monoisotopic (exact) mass is 372 g/mol. The van der Waals surface area contributed by atoms with E-state index in [-0.39, 0.29) is 24.4 Å². The van der Waals surface area contributed by atoms with Crippen molar-refractivity contribution in [3.63, 3.8) is 0 Å². The number of carbonyl (C=O) groups excluding carboxylic acids is 1. The Morgan fingerprint density at radius 1 is 0.893 bits per heavy atom. The number of carbonyl (C=O) groups is 1. The Labute approximate surface area is 159 Å². The predicted molar refractivity (Wildman–Crippen MR) is 104 cm³/mol. The van der Waals surface area contributed by atoms with Crippen molar-refractivity contribution in [2.24, 2.45) is 0 Å². The minimum Gasteiger partial charge on any atom is -0.292 e. The van der Waals surface area contributed by atoms with Gasteiger partial charge in [-0.15, -0.1) is 0 Å². The second kappa shape index (κ2) is 7.40. The molecule has 4 aromatic rings. The van der Waals surface area contributed by atoms with E-state index in [2.05, 4.69) is 9.97 Å². The van der Waals surface area contributed by atoms with Crippen LogP contribution in [0.1, 0.15) is 15.9 Å². The molecule has 0 fully saturated rings. The van der Waals surface area contributed by atoms with Crippen molar-refractivity contribution in [3.05, 3.63) is 105 Å². The van der Waals surface area contributed by atoms with E-state index in [1.807, 2.05) is 6.07 Å². The van der Waals surface area contributed by atoms with Gasteiger partial charge < -0.3 is 0 Å². The fourth-order valence-corrected chi connectivity index (χ4v) is 3.07. The number of fused-ring (bicyclic) bond motifs is 1. The van der Waals surface area contributed by atoms with Crippen LogP contribution in [0.25, 0.3) is 11.0 Å². The highest BCUT2D eigenvalue weighted by Gasteiger charge is 2.17. The van der Waals surface area contributed by atoms with Gasteiger partial charge in [-0.1, -0.05) is 36.4 Å². The van der Waals surface area contributed by atoms with Crippen LogP contribution >= 0.6 is 0 Å². The summed E-state index contributed by atoms with van der Waals surface area (Å²) in [5.74, 6) is -0.223. The lowest BCUT2D eigenvalue weighted by Crippen LogP contribution is -2.41. The van der Waals surface area contributed by atoms with E-state index in [1.54, 1.807) is 60.9 Å². The maximum atomic E-state index is 13.1. The molecule has 0 N–H and O–H groups in total. The van der Waals surface area contributed by atoms with Crippen LogP contribution < -0.4 is 11.2 Å². The van der Waals surface area contributed by atoms with E-state index >= 15 is 0 Å². The topological polar surface area (TPSA) is 86.9 Å². The van der Waals surface area contributed by atoms with Crippen molar-refractivity contribution in [1.82, 2.24) is 19.1 Å². The molecule has 4 rings (SSSR count). The molecule has 138 valence electrons. The van der Waals surface area contributed by atoms with Crippen LogP contribution in [0.15, 0.2) is 82.8 Å². The van der Waals surface area contributed by atoms with Gasteiger partial charge in [0.05, 0.1) is 18.6 Å². The molecule has 0 unspecified atom stereocenters. The molecular formula is C21H16N4O3. The first-order chi connectivity index (χ1) is 13.6. The Morgan fingerprint density at radius 2 is 1.68 bits per heavy atom. The Balaban J connectivity index is 1.86. The van der Waals surface area contributed by atoms with Gasteiger partial charge in [-0.2, -0.15) is 0 Å². The second-order valence-electron chi connectivity index (χ2n) is 6.28. The Hall–Kier alpha value is -3.87. The van der Waals surface area contributed by atoms with Crippen molar-refractivity contribution in [1.29, 1.82) is 0 Å². The molecule has 28 heavy (non-hydrogen) atoms. The van der Waals surface area contributed by atoms with Crippen molar-refractivity contribution in [2.75, 3.05) is 0 Å². The van der Waals surface area contributed by atoms with Crippen LogP contribution in [-0.4, -0.2) is 24.9 Å². The highest BCUT2D eigenvalue weighted by molar-refractivity contribution is 5.96. The maximum absolute atomic E-state index is 13.1. The fraction of sp³-hybridized carbons (Fsp3) is 0.0952. The molecule has 3 aromatic heterocycles. The van der Waals surface area contributed by atoms with Crippen molar-refractivity contribution < 1.29 is 4.79 Å². The molecule has 7 heteroatoms. The molecule has 0 radical (unpaired) electrons. The van der Waals surface area contributed by atoms with Crippen molar-refractivity contribution >= 4 is 16.8 Å². The zero-order chi connectivity index (χ0) is 19.5. The van der Waals surface area contributed by atoms with Crippen LogP contribution in [0.2, 0.25) is 0 Å². The normalized spacial score (nSPS) is 10.9. The third-order valence-electron chi connectivity index (χ3n) is 4.45. The molecule has 0 saturated heterocycles. The standard InChI is InChI=1S/C21H16N4O3/c26-18(16-7-2-1-3-8-16)14-24-17-9-5-11-23-19(17)20(27)25(21(24)28)13-15-6-4-10-22-12-15/h1-12H,13-14H2. The molecule has 0 saturated carbocycles. The van der Waals surface area contributed by atoms with E-state index in [1.165, 1.54) is 10.8 Å². The maximum Gasteiger partial charge on any atom is 0.332 e. The average molecular weight is 372 g/mol. The smallest absolute Gasteiger partial charge is 0.292 e. The first-order valence-corrected chi connectivity index (χ1v) is 8.70. The minimum atomic E-state index is -0.557. The lowest BCUT2D eigenvalue weighted by Gasteiger charge is -2.13. The summed E-state index contributed by atoms with van der Waals surface area (Å²) in [7, 11) is 0. The van der Waals surface area contributed by atoms with Crippen LogP contribution in [0.4, 0.5) is 0 Å². The molecule has 3 heterocycles. The zero-order valence-corrected chi connectivity index (χ0v) is 14.9. The minimum absolute atomic E-state index is 0.0531. The second-order valence-corrected chi connectivity index (χ2v) is 6.28. The molecule has 0 amide bonds. The molecule has 0 atom stereocenters. The first kappa shape index (κ1) is 17.5. The van der Waals surface area contributed by atoms with Crippen molar-refractivity contribution in [3.8, 4) is 0 Å². The highest BCUT2D eigenvalue weighted by Crippen LogP contribution is 2.08. The fourth-order valence-electron chi connectivity index (χ4n) is 3.07. The molecule has 0 bridgehead atoms. The quantitative estimate of drug-likeness (QED) is 0.499. The van der Waals surface area contributed by atoms with Gasteiger partial charge in [0.15, 0.2) is 11.3 Å². The number of hydrogen-bond donors (Lipinski definition) is 0. The molecule has 1 aromatic carbocycles. The highest BCUT2D eigenvalue weighted by atomic mass is 16.2. The summed E-state index contributed by atoms with van der Waals surface area (Å²) >= 11 is 0. The predicted octanol–water partition coefficient (Wildman–Crippen LogP) is 1.88. The molecule has 7 nitrogen and oxygen atoms in total. The van der Waals surface area contributed by atoms with Crippen LogP contribution in [0.5, 0.6) is 0 Å². The number of pyridine rings is 2. The molecular weight excluding hydrogens is 356 g/mol. The van der Waals surface area contributed by atoms with Gasteiger partial charge in [-0.3, -0.25) is 23.7 Å². The van der Waals surface area contributed by atoms with Gasteiger partial charge in [0.25, 0.3) is 5.56 Å². The number of Topliss-reactive ketones (excluding diaryl/α,β-unsaturated/α-hetero) is 1. The van der Waals surface area contributed by atoms with Crippen LogP contribution in [-0.2, 0) is 13.1 Å². The number of ketones is 1. The summed E-state index contributed by atoms with van der Waals surface area (Å²) in [5.41, 5.74) is 0.636. The van der Waals surface area contributed by atoms with Gasteiger partial charge in [0.2, 0.25) is 0 Å². The van der Waals surface area contributed by atoms with Gasteiger partial charge in [-0.25, -0.2) is 9.78 Å². The summed E-state index contributed by atoms with van der Waals surface area (Å²) in [4.78, 5) is 46.8. The number of nitrogens with zero attached hydrogens (tertiary/aromatic N) is 4.